The van der Waals surface area contributed by atoms with Crippen molar-refractivity contribution in [1.29, 1.82) is 0 Å². The number of nitrogens with zero attached hydrogens (tertiary/aromatic N) is 3. The van der Waals surface area contributed by atoms with E-state index in [-0.39, 0.29) is 18.3 Å². The van der Waals surface area contributed by atoms with Crippen LogP contribution < -0.4 is 5.73 Å². The second-order valence-corrected chi connectivity index (χ2v) is 5.77. The van der Waals surface area contributed by atoms with Crippen molar-refractivity contribution in [3.8, 4) is 11.3 Å². The Morgan fingerprint density at radius 2 is 1.96 bits per heavy atom. The van der Waals surface area contributed by atoms with Gasteiger partial charge in [0.05, 0.1) is 18.5 Å². The second kappa shape index (κ2) is 8.25. The van der Waals surface area contributed by atoms with Gasteiger partial charge in [-0.25, -0.2) is 9.97 Å². The largest absolute Gasteiger partial charge is 0.437 e. The number of hydrogen-bond acceptors (Lipinski definition) is 6. The number of nitrogens with two attached hydrogens (primary N) is 1. The number of hydrogen-bond donors (Lipinski definition) is 2. The molecule has 0 aliphatic rings. The van der Waals surface area contributed by atoms with E-state index in [9.17, 15) is 5.11 Å². The molecule has 2 aromatic carbocycles. The van der Waals surface area contributed by atoms with Crippen molar-refractivity contribution in [3.63, 3.8) is 0 Å². The van der Waals surface area contributed by atoms with Gasteiger partial charge in [0.15, 0.2) is 11.5 Å². The smallest absolute Gasteiger partial charge is 0.244 e. The van der Waals surface area contributed by atoms with Gasteiger partial charge in [-0.15, -0.1) is 0 Å². The maximum Gasteiger partial charge on any atom is 0.244 e. The van der Waals surface area contributed by atoms with E-state index in [0.29, 0.717) is 17.1 Å². The van der Waals surface area contributed by atoms with Crippen LogP contribution in [0.2, 0.25) is 0 Å². The van der Waals surface area contributed by atoms with Gasteiger partial charge in [0.2, 0.25) is 5.90 Å². The number of aliphatic hydroxyl groups is 1. The zero-order valence-corrected chi connectivity index (χ0v) is 15.0. The van der Waals surface area contributed by atoms with Crippen molar-refractivity contribution in [2.45, 2.75) is 6.61 Å². The Morgan fingerprint density at radius 1 is 1.19 bits per heavy atom. The summed E-state index contributed by atoms with van der Waals surface area (Å²) in [5, 5.41) is 9.34. The third-order valence-electron chi connectivity index (χ3n) is 3.93. The highest BCUT2D eigenvalue weighted by atomic mass is 16.5. The lowest BCUT2D eigenvalue weighted by molar-refractivity contribution is 0.282. The molecule has 0 fully saturated rings. The maximum absolute atomic E-state index is 9.34. The molecule has 0 atom stereocenters. The van der Waals surface area contributed by atoms with Gasteiger partial charge in [-0.2, -0.15) is 0 Å². The minimum atomic E-state index is -0.0508. The predicted molar refractivity (Wildman–Crippen MR) is 107 cm³/mol. The van der Waals surface area contributed by atoms with Crippen LogP contribution in [0.15, 0.2) is 72.4 Å². The highest BCUT2D eigenvalue weighted by Crippen LogP contribution is 2.22. The molecule has 0 aliphatic carbocycles. The minimum absolute atomic E-state index is 0.0508. The first kappa shape index (κ1) is 18.3. The molecule has 0 saturated heterocycles. The molecule has 0 radical (unpaired) electrons. The van der Waals surface area contributed by atoms with E-state index in [0.717, 1.165) is 16.7 Å². The molecule has 3 aromatic rings. The van der Waals surface area contributed by atoms with Gasteiger partial charge in [0.1, 0.15) is 5.76 Å². The maximum atomic E-state index is 9.34. The minimum Gasteiger partial charge on any atom is -0.437 e. The molecular weight excluding hydrogens is 340 g/mol. The molecule has 6 nitrogen and oxygen atoms in total. The molecule has 1 aromatic heterocycles. The first-order valence-electron chi connectivity index (χ1n) is 8.34. The van der Waals surface area contributed by atoms with E-state index >= 15 is 0 Å². The van der Waals surface area contributed by atoms with Crippen molar-refractivity contribution < 1.29 is 9.84 Å². The number of benzene rings is 2. The van der Waals surface area contributed by atoms with Crippen LogP contribution in [-0.4, -0.2) is 28.0 Å². The summed E-state index contributed by atoms with van der Waals surface area (Å²) in [5.74, 6) is 0.873. The van der Waals surface area contributed by atoms with E-state index in [1.807, 2.05) is 54.6 Å². The van der Waals surface area contributed by atoms with Gasteiger partial charge in [-0.1, -0.05) is 55.1 Å². The normalized spacial score (nSPS) is 11.3. The fourth-order valence-corrected chi connectivity index (χ4v) is 2.52. The van der Waals surface area contributed by atoms with Gasteiger partial charge in [0.25, 0.3) is 0 Å². The lowest BCUT2D eigenvalue weighted by atomic mass is 10.1. The van der Waals surface area contributed by atoms with Crippen molar-refractivity contribution in [2.75, 3.05) is 12.8 Å². The van der Waals surface area contributed by atoms with E-state index in [1.165, 1.54) is 0 Å². The summed E-state index contributed by atoms with van der Waals surface area (Å²) in [6.45, 7) is 3.90. The summed E-state index contributed by atoms with van der Waals surface area (Å²) in [6, 6.07) is 16.9. The van der Waals surface area contributed by atoms with Gasteiger partial charge < -0.3 is 15.6 Å². The Kier molecular flexibility index (Phi) is 5.58. The van der Waals surface area contributed by atoms with Crippen LogP contribution in [0, 0.1) is 0 Å². The van der Waals surface area contributed by atoms with Crippen LogP contribution >= 0.6 is 0 Å². The number of aliphatic imine (C=N–C) groups is 1. The Labute approximate surface area is 157 Å². The predicted octanol–water partition coefficient (Wildman–Crippen LogP) is 3.28. The Morgan fingerprint density at radius 3 is 2.67 bits per heavy atom. The molecule has 3 rings (SSSR count). The summed E-state index contributed by atoms with van der Waals surface area (Å²) < 4.78 is 5.82. The molecular formula is C21H20N4O2. The standard InChI is InChI=1S/C21H20N4O2/c1-14(16-8-4-3-5-9-16)27-21(23-2)19-20(22)24-12-18(25-19)17-10-6-7-15(11-17)13-26/h3-12,26H,1,13H2,2H3,(H2,22,24). The van der Waals surface area contributed by atoms with Crippen molar-refractivity contribution in [1.82, 2.24) is 9.97 Å². The fraction of sp³-hybridized carbons (Fsp3) is 0.0952. The number of anilines is 1. The topological polar surface area (TPSA) is 93.6 Å². The van der Waals surface area contributed by atoms with Crippen molar-refractivity contribution >= 4 is 17.5 Å². The van der Waals surface area contributed by atoms with Crippen LogP contribution in [0.1, 0.15) is 16.8 Å². The van der Waals surface area contributed by atoms with Crippen molar-refractivity contribution in [3.05, 3.63) is 84.2 Å². The molecule has 6 heteroatoms. The molecule has 3 N–H and O–H groups in total. The molecule has 0 spiro atoms. The first-order chi connectivity index (χ1) is 13.1. The third kappa shape index (κ3) is 4.19. The average molecular weight is 360 g/mol. The molecule has 0 saturated carbocycles. The average Bonchev–Trinajstić information content (AvgIpc) is 2.73. The van der Waals surface area contributed by atoms with E-state index in [2.05, 4.69) is 21.5 Å². The number of nitrogen functional groups attached to an aromatic ring is 1. The van der Waals surface area contributed by atoms with Crippen LogP contribution in [0.5, 0.6) is 0 Å². The monoisotopic (exact) mass is 360 g/mol. The molecule has 136 valence electrons. The summed E-state index contributed by atoms with van der Waals surface area (Å²) in [7, 11) is 1.59. The summed E-state index contributed by atoms with van der Waals surface area (Å²) in [6.07, 6.45) is 1.58. The van der Waals surface area contributed by atoms with Gasteiger partial charge in [-0.05, 0) is 11.6 Å². The molecule has 1 heterocycles. The lowest BCUT2D eigenvalue weighted by Crippen LogP contribution is -2.13. The van der Waals surface area contributed by atoms with Crippen LogP contribution in [-0.2, 0) is 11.3 Å². The highest BCUT2D eigenvalue weighted by molar-refractivity contribution is 5.99. The quantitative estimate of drug-likeness (QED) is 0.414. The fourth-order valence-electron chi connectivity index (χ4n) is 2.52. The molecule has 0 aliphatic heterocycles. The van der Waals surface area contributed by atoms with Gasteiger partial charge in [0, 0.05) is 18.2 Å². The van der Waals surface area contributed by atoms with E-state index < -0.39 is 0 Å². The zero-order valence-electron chi connectivity index (χ0n) is 15.0. The van der Waals surface area contributed by atoms with Crippen molar-refractivity contribution in [2.24, 2.45) is 4.99 Å². The van der Waals surface area contributed by atoms with Crippen LogP contribution in [0.25, 0.3) is 17.0 Å². The summed E-state index contributed by atoms with van der Waals surface area (Å²) in [5.41, 5.74) is 9.37. The molecule has 0 amide bonds. The third-order valence-corrected chi connectivity index (χ3v) is 3.93. The number of ether oxygens (including phenoxy) is 1. The number of aromatic nitrogens is 2. The Hall–Kier alpha value is -3.51. The van der Waals surface area contributed by atoms with E-state index in [4.69, 9.17) is 10.5 Å². The van der Waals surface area contributed by atoms with Crippen LogP contribution in [0.4, 0.5) is 5.82 Å². The number of aliphatic hydroxyl groups excluding tert-OH is 1. The lowest BCUT2D eigenvalue weighted by Gasteiger charge is -2.13. The van der Waals surface area contributed by atoms with Crippen LogP contribution in [0.3, 0.4) is 0 Å². The van der Waals surface area contributed by atoms with Gasteiger partial charge >= 0.3 is 0 Å². The Balaban J connectivity index is 1.93. The first-order valence-corrected chi connectivity index (χ1v) is 8.34. The SMILES string of the molecule is C=C(OC(=NC)c1nc(-c2cccc(CO)c2)cnc1N)c1ccccc1. The Bertz CT molecular complexity index is 984. The molecule has 27 heavy (non-hydrogen) atoms. The molecule has 0 unspecified atom stereocenters. The highest BCUT2D eigenvalue weighted by Gasteiger charge is 2.16. The molecule has 0 bridgehead atoms. The number of rotatable bonds is 5. The summed E-state index contributed by atoms with van der Waals surface area (Å²) in [4.78, 5) is 13.0. The van der Waals surface area contributed by atoms with Gasteiger partial charge in [-0.3, -0.25) is 4.99 Å². The second-order valence-electron chi connectivity index (χ2n) is 5.77. The zero-order chi connectivity index (χ0) is 19.2. The van der Waals surface area contributed by atoms with E-state index in [1.54, 1.807) is 13.2 Å². The summed E-state index contributed by atoms with van der Waals surface area (Å²) >= 11 is 0.